The van der Waals surface area contributed by atoms with Gasteiger partial charge in [-0.2, -0.15) is 5.26 Å². The minimum absolute atomic E-state index is 0.660. The Hall–Kier alpha value is -3.56. The lowest BCUT2D eigenvalue weighted by Gasteiger charge is -2.13. The molecule has 0 radical (unpaired) electrons. The molecule has 0 aliphatic carbocycles. The fraction of sp³-hybridized carbons (Fsp3) is 0.125. The first-order valence-electron chi connectivity index (χ1n) is 9.47. The van der Waals surface area contributed by atoms with Crippen LogP contribution in [0.5, 0.6) is 5.75 Å². The Morgan fingerprint density at radius 1 is 1.00 bits per heavy atom. The van der Waals surface area contributed by atoms with Crippen molar-refractivity contribution in [1.29, 1.82) is 5.26 Å². The molecule has 0 saturated carbocycles. The average molecular weight is 413 g/mol. The number of aromatic nitrogens is 3. The van der Waals surface area contributed by atoms with Crippen LogP contribution in [0.15, 0.2) is 78.0 Å². The van der Waals surface area contributed by atoms with E-state index in [9.17, 15) is 0 Å². The van der Waals surface area contributed by atoms with Gasteiger partial charge in [0.1, 0.15) is 5.75 Å². The number of benzene rings is 3. The molecular formula is C24H20N4OS. The molecule has 0 N–H and O–H groups in total. The highest BCUT2D eigenvalue weighted by Crippen LogP contribution is 2.31. The summed E-state index contributed by atoms with van der Waals surface area (Å²) in [6, 6.07) is 25.9. The molecule has 0 spiro atoms. The number of thioether (sulfide) groups is 1. The van der Waals surface area contributed by atoms with Crippen LogP contribution in [0.3, 0.4) is 0 Å². The molecule has 6 heteroatoms. The first kappa shape index (κ1) is 19.7. The molecule has 0 aliphatic heterocycles. The molecule has 1 aromatic heterocycles. The minimum atomic E-state index is 0.660. The van der Waals surface area contributed by atoms with Gasteiger partial charge in [-0.1, -0.05) is 42.1 Å². The summed E-state index contributed by atoms with van der Waals surface area (Å²) >= 11 is 1.60. The van der Waals surface area contributed by atoms with Crippen molar-refractivity contribution in [2.24, 2.45) is 0 Å². The van der Waals surface area contributed by atoms with Crippen LogP contribution in [0, 0.1) is 18.3 Å². The van der Waals surface area contributed by atoms with Crippen molar-refractivity contribution in [2.75, 3.05) is 7.11 Å². The predicted octanol–water partition coefficient (Wildman–Crippen LogP) is 5.42. The molecule has 5 nitrogen and oxygen atoms in total. The van der Waals surface area contributed by atoms with Crippen molar-refractivity contribution < 1.29 is 4.74 Å². The minimum Gasteiger partial charge on any atom is -0.497 e. The number of ether oxygens (including phenoxy) is 1. The quantitative estimate of drug-likeness (QED) is 0.396. The molecule has 0 bridgehead atoms. The third-order valence-electron chi connectivity index (χ3n) is 4.76. The normalized spacial score (nSPS) is 10.6. The Balaban J connectivity index is 1.74. The average Bonchev–Trinajstić information content (AvgIpc) is 3.22. The van der Waals surface area contributed by atoms with E-state index in [-0.39, 0.29) is 0 Å². The van der Waals surface area contributed by atoms with Gasteiger partial charge in [-0.05, 0) is 60.5 Å². The van der Waals surface area contributed by atoms with Crippen LogP contribution < -0.4 is 4.74 Å². The van der Waals surface area contributed by atoms with Crippen LogP contribution in [-0.2, 0) is 5.75 Å². The molecule has 0 fully saturated rings. The van der Waals surface area contributed by atoms with E-state index in [1.165, 1.54) is 0 Å². The third kappa shape index (κ3) is 4.07. The Morgan fingerprint density at radius 3 is 2.53 bits per heavy atom. The number of aryl methyl sites for hydroxylation is 1. The van der Waals surface area contributed by atoms with Crippen LogP contribution in [-0.4, -0.2) is 21.9 Å². The first-order valence-corrected chi connectivity index (χ1v) is 10.5. The Morgan fingerprint density at radius 2 is 1.80 bits per heavy atom. The molecule has 0 atom stereocenters. The van der Waals surface area contributed by atoms with E-state index in [0.29, 0.717) is 11.3 Å². The van der Waals surface area contributed by atoms with E-state index >= 15 is 0 Å². The largest absolute Gasteiger partial charge is 0.497 e. The third-order valence-corrected chi connectivity index (χ3v) is 5.76. The Labute approximate surface area is 180 Å². The molecule has 4 rings (SSSR count). The van der Waals surface area contributed by atoms with Crippen molar-refractivity contribution in [2.45, 2.75) is 17.8 Å². The molecule has 3 aromatic carbocycles. The van der Waals surface area contributed by atoms with Gasteiger partial charge in [-0.25, -0.2) is 0 Å². The molecule has 0 unspecified atom stereocenters. The lowest BCUT2D eigenvalue weighted by atomic mass is 10.1. The van der Waals surface area contributed by atoms with Gasteiger partial charge >= 0.3 is 0 Å². The lowest BCUT2D eigenvalue weighted by Crippen LogP contribution is -2.02. The highest BCUT2D eigenvalue weighted by molar-refractivity contribution is 7.98. The zero-order chi connectivity index (χ0) is 20.9. The fourth-order valence-electron chi connectivity index (χ4n) is 3.20. The van der Waals surface area contributed by atoms with Gasteiger partial charge in [0.05, 0.1) is 24.4 Å². The number of hydrogen-bond donors (Lipinski definition) is 0. The van der Waals surface area contributed by atoms with Gasteiger partial charge in [-0.3, -0.25) is 4.57 Å². The van der Waals surface area contributed by atoms with Crippen molar-refractivity contribution in [3.63, 3.8) is 0 Å². The van der Waals surface area contributed by atoms with Crippen molar-refractivity contribution in [1.82, 2.24) is 14.8 Å². The summed E-state index contributed by atoms with van der Waals surface area (Å²) in [6.07, 6.45) is 0. The maximum Gasteiger partial charge on any atom is 0.196 e. The van der Waals surface area contributed by atoms with E-state index in [2.05, 4.69) is 39.9 Å². The van der Waals surface area contributed by atoms with Gasteiger partial charge in [-0.15, -0.1) is 10.2 Å². The van der Waals surface area contributed by atoms with Crippen LogP contribution in [0.1, 0.15) is 16.7 Å². The molecule has 0 aliphatic rings. The van der Waals surface area contributed by atoms with Gasteiger partial charge in [0.15, 0.2) is 11.0 Å². The zero-order valence-corrected chi connectivity index (χ0v) is 17.6. The highest BCUT2D eigenvalue weighted by Gasteiger charge is 2.17. The smallest absolute Gasteiger partial charge is 0.196 e. The van der Waals surface area contributed by atoms with E-state index < -0.39 is 0 Å². The van der Waals surface area contributed by atoms with Gasteiger partial charge in [0.2, 0.25) is 0 Å². The van der Waals surface area contributed by atoms with Crippen molar-refractivity contribution in [3.8, 4) is 28.9 Å². The fourth-order valence-corrected chi connectivity index (χ4v) is 4.09. The number of nitriles is 1. The molecule has 30 heavy (non-hydrogen) atoms. The SMILES string of the molecule is COc1ccc(-c2nnc(SCc3cccc(C#N)c3)n2-c2ccccc2C)cc1. The number of para-hydroxylation sites is 1. The van der Waals surface area contributed by atoms with Crippen LogP contribution in [0.2, 0.25) is 0 Å². The molecule has 1 heterocycles. The van der Waals surface area contributed by atoms with E-state index in [1.54, 1.807) is 18.9 Å². The molecule has 4 aromatic rings. The lowest BCUT2D eigenvalue weighted by molar-refractivity contribution is 0.415. The second-order valence-corrected chi connectivity index (χ2v) is 7.70. The summed E-state index contributed by atoms with van der Waals surface area (Å²) in [7, 11) is 1.65. The maximum atomic E-state index is 9.15. The van der Waals surface area contributed by atoms with Gasteiger partial charge in [0.25, 0.3) is 0 Å². The monoisotopic (exact) mass is 412 g/mol. The van der Waals surface area contributed by atoms with Gasteiger partial charge < -0.3 is 4.74 Å². The van der Waals surface area contributed by atoms with E-state index in [0.717, 1.165) is 39.1 Å². The molecular weight excluding hydrogens is 392 g/mol. The Bertz CT molecular complexity index is 1210. The van der Waals surface area contributed by atoms with Crippen molar-refractivity contribution >= 4 is 11.8 Å². The number of methoxy groups -OCH3 is 1. The second kappa shape index (κ2) is 8.85. The predicted molar refractivity (Wildman–Crippen MR) is 119 cm³/mol. The van der Waals surface area contributed by atoms with E-state index in [4.69, 9.17) is 10.00 Å². The van der Waals surface area contributed by atoms with Crippen LogP contribution >= 0.6 is 11.8 Å². The van der Waals surface area contributed by atoms with Crippen molar-refractivity contribution in [3.05, 3.63) is 89.5 Å². The molecule has 148 valence electrons. The van der Waals surface area contributed by atoms with Crippen LogP contribution in [0.4, 0.5) is 0 Å². The maximum absolute atomic E-state index is 9.15. The second-order valence-electron chi connectivity index (χ2n) is 6.76. The number of hydrogen-bond acceptors (Lipinski definition) is 5. The summed E-state index contributed by atoms with van der Waals surface area (Å²) in [5.41, 5.74) is 4.88. The number of rotatable bonds is 6. The van der Waals surface area contributed by atoms with Crippen LogP contribution in [0.25, 0.3) is 17.1 Å². The van der Waals surface area contributed by atoms with Gasteiger partial charge in [0, 0.05) is 11.3 Å². The Kier molecular flexibility index (Phi) is 5.82. The topological polar surface area (TPSA) is 63.7 Å². The molecule has 0 amide bonds. The standard InChI is InChI=1S/C24H20N4OS/c1-17-6-3-4-9-22(17)28-23(20-10-12-21(29-2)13-11-20)26-27-24(28)30-16-19-8-5-7-18(14-19)15-25/h3-14H,16H2,1-2H3. The summed E-state index contributed by atoms with van der Waals surface area (Å²) in [6.45, 7) is 2.08. The zero-order valence-electron chi connectivity index (χ0n) is 16.7. The number of nitrogens with zero attached hydrogens (tertiary/aromatic N) is 4. The summed E-state index contributed by atoms with van der Waals surface area (Å²) in [5, 5.41) is 18.9. The summed E-state index contributed by atoms with van der Waals surface area (Å²) < 4.78 is 7.37. The first-order chi connectivity index (χ1) is 14.7. The highest BCUT2D eigenvalue weighted by atomic mass is 32.2. The van der Waals surface area contributed by atoms with E-state index in [1.807, 2.05) is 60.7 Å². The summed E-state index contributed by atoms with van der Waals surface area (Å²) in [5.74, 6) is 2.27. The molecule has 0 saturated heterocycles. The summed E-state index contributed by atoms with van der Waals surface area (Å²) in [4.78, 5) is 0.